The lowest BCUT2D eigenvalue weighted by atomic mass is 10.1. The molecule has 0 bridgehead atoms. The summed E-state index contributed by atoms with van der Waals surface area (Å²) in [4.78, 5) is 15.4. The highest BCUT2D eigenvalue weighted by atomic mass is 16.5. The van der Waals surface area contributed by atoms with Gasteiger partial charge in [-0.15, -0.1) is 0 Å². The van der Waals surface area contributed by atoms with Gasteiger partial charge in [0.15, 0.2) is 0 Å². The molecule has 1 aliphatic rings. The number of amides is 1. The maximum atomic E-state index is 13.0. The number of hydrogen-bond donors (Lipinski definition) is 1. The number of carbonyl (C=O) groups is 1. The molecule has 176 valence electrons. The Hall–Kier alpha value is -3.42. The molecule has 5 rings (SSSR count). The fraction of sp³-hybridized carbons (Fsp3) is 0.333. The van der Waals surface area contributed by atoms with E-state index in [1.165, 1.54) is 5.52 Å². The average Bonchev–Trinajstić information content (AvgIpc) is 3.39. The third kappa shape index (κ3) is 5.05. The summed E-state index contributed by atoms with van der Waals surface area (Å²) in [6.07, 6.45) is 2.12. The van der Waals surface area contributed by atoms with Crippen LogP contribution in [0.1, 0.15) is 27.3 Å². The van der Waals surface area contributed by atoms with Crippen molar-refractivity contribution in [1.82, 2.24) is 19.2 Å². The second-order valence-corrected chi connectivity index (χ2v) is 8.98. The van der Waals surface area contributed by atoms with Crippen molar-refractivity contribution in [3.8, 4) is 0 Å². The quantitative estimate of drug-likeness (QED) is 0.454. The molecule has 1 N–H and O–H groups in total. The third-order valence-electron chi connectivity index (χ3n) is 6.41. The van der Waals surface area contributed by atoms with Crippen molar-refractivity contribution in [2.45, 2.75) is 26.9 Å². The molecule has 0 aliphatic carbocycles. The molecule has 7 nitrogen and oxygen atoms in total. The maximum Gasteiger partial charge on any atom is 0.255 e. The van der Waals surface area contributed by atoms with Gasteiger partial charge < -0.3 is 14.6 Å². The van der Waals surface area contributed by atoms with E-state index in [9.17, 15) is 4.79 Å². The van der Waals surface area contributed by atoms with Crippen molar-refractivity contribution in [3.63, 3.8) is 0 Å². The summed E-state index contributed by atoms with van der Waals surface area (Å²) in [6, 6.07) is 18.0. The summed E-state index contributed by atoms with van der Waals surface area (Å²) >= 11 is 0. The first-order chi connectivity index (χ1) is 16.5. The van der Waals surface area contributed by atoms with E-state index in [1.54, 1.807) is 0 Å². The van der Waals surface area contributed by atoms with Crippen LogP contribution in [0.3, 0.4) is 0 Å². The van der Waals surface area contributed by atoms with E-state index >= 15 is 0 Å². The Bertz CT molecular complexity index is 1300. The largest absolute Gasteiger partial charge is 0.379 e. The molecule has 1 aliphatic heterocycles. The number of aromatic nitrogens is 3. The number of benzene rings is 2. The van der Waals surface area contributed by atoms with Gasteiger partial charge in [-0.2, -0.15) is 5.10 Å². The van der Waals surface area contributed by atoms with Crippen LogP contribution in [0.15, 0.2) is 60.8 Å². The predicted octanol–water partition coefficient (Wildman–Crippen LogP) is 4.09. The van der Waals surface area contributed by atoms with Crippen LogP contribution in [0.2, 0.25) is 0 Å². The molecule has 1 amide bonds. The van der Waals surface area contributed by atoms with Gasteiger partial charge in [0, 0.05) is 60.2 Å². The predicted molar refractivity (Wildman–Crippen MR) is 134 cm³/mol. The molecule has 34 heavy (non-hydrogen) atoms. The number of carbonyl (C=O) groups excluding carboxylic acids is 1. The zero-order valence-corrected chi connectivity index (χ0v) is 19.8. The van der Waals surface area contributed by atoms with Crippen LogP contribution < -0.4 is 5.32 Å². The van der Waals surface area contributed by atoms with Gasteiger partial charge in [0.25, 0.3) is 5.91 Å². The molecule has 1 saturated heterocycles. The summed E-state index contributed by atoms with van der Waals surface area (Å²) in [5.41, 5.74) is 5.77. The molecule has 2 aromatic heterocycles. The van der Waals surface area contributed by atoms with Gasteiger partial charge in [-0.3, -0.25) is 14.4 Å². The highest BCUT2D eigenvalue weighted by molar-refractivity contribution is 6.05. The fourth-order valence-electron chi connectivity index (χ4n) is 4.57. The van der Waals surface area contributed by atoms with Gasteiger partial charge in [-0.1, -0.05) is 12.1 Å². The molecular formula is C27H31N5O2. The molecule has 0 atom stereocenters. The zero-order chi connectivity index (χ0) is 23.5. The van der Waals surface area contributed by atoms with E-state index in [2.05, 4.69) is 44.3 Å². The number of fused-ring (bicyclic) bond motifs is 1. The molecule has 2 aromatic carbocycles. The molecule has 0 radical (unpaired) electrons. The minimum Gasteiger partial charge on any atom is -0.379 e. The Morgan fingerprint density at radius 1 is 1.03 bits per heavy atom. The maximum absolute atomic E-state index is 13.0. The zero-order valence-electron chi connectivity index (χ0n) is 19.8. The number of nitrogens with one attached hydrogen (secondary N) is 1. The number of hydrogen-bond acceptors (Lipinski definition) is 4. The van der Waals surface area contributed by atoms with Crippen LogP contribution in [-0.4, -0.2) is 58.0 Å². The third-order valence-corrected chi connectivity index (χ3v) is 6.41. The van der Waals surface area contributed by atoms with E-state index in [-0.39, 0.29) is 5.91 Å². The number of rotatable bonds is 7. The van der Waals surface area contributed by atoms with Crippen LogP contribution in [-0.2, 0) is 17.8 Å². The number of aryl methyl sites for hydroxylation is 2. The number of nitrogens with zero attached hydrogens (tertiary/aromatic N) is 4. The topological polar surface area (TPSA) is 64.3 Å². The summed E-state index contributed by atoms with van der Waals surface area (Å²) in [5.74, 6) is -0.110. The van der Waals surface area contributed by atoms with Gasteiger partial charge in [0.2, 0.25) is 0 Å². The van der Waals surface area contributed by atoms with Crippen molar-refractivity contribution in [1.29, 1.82) is 0 Å². The van der Waals surface area contributed by atoms with E-state index < -0.39 is 0 Å². The molecular weight excluding hydrogens is 426 g/mol. The molecule has 1 fully saturated rings. The van der Waals surface area contributed by atoms with Crippen molar-refractivity contribution >= 4 is 22.5 Å². The lowest BCUT2D eigenvalue weighted by Crippen LogP contribution is -2.38. The normalized spacial score (nSPS) is 14.5. The van der Waals surface area contributed by atoms with Crippen LogP contribution in [0, 0.1) is 13.8 Å². The van der Waals surface area contributed by atoms with Crippen LogP contribution in [0.4, 0.5) is 5.69 Å². The van der Waals surface area contributed by atoms with E-state index in [1.807, 2.05) is 54.9 Å². The van der Waals surface area contributed by atoms with Crippen LogP contribution in [0.5, 0.6) is 0 Å². The first-order valence-corrected chi connectivity index (χ1v) is 11.9. The first-order valence-electron chi connectivity index (χ1n) is 11.9. The highest BCUT2D eigenvalue weighted by Gasteiger charge is 2.12. The smallest absolute Gasteiger partial charge is 0.255 e. The minimum atomic E-state index is -0.110. The minimum absolute atomic E-state index is 0.110. The first kappa shape index (κ1) is 22.4. The Labute approximate surface area is 199 Å². The molecule has 0 saturated carbocycles. The second kappa shape index (κ2) is 9.83. The monoisotopic (exact) mass is 457 g/mol. The molecule has 3 heterocycles. The Balaban J connectivity index is 1.25. The lowest BCUT2D eigenvalue weighted by molar-refractivity contribution is 0.0365. The lowest BCUT2D eigenvalue weighted by Gasteiger charge is -2.26. The van der Waals surface area contributed by atoms with Crippen molar-refractivity contribution in [2.75, 3.05) is 38.2 Å². The summed E-state index contributed by atoms with van der Waals surface area (Å²) < 4.78 is 9.67. The molecule has 0 spiro atoms. The highest BCUT2D eigenvalue weighted by Crippen LogP contribution is 2.22. The van der Waals surface area contributed by atoms with Crippen molar-refractivity contribution < 1.29 is 9.53 Å². The molecule has 4 aromatic rings. The van der Waals surface area contributed by atoms with Gasteiger partial charge in [-0.05, 0) is 61.9 Å². The summed E-state index contributed by atoms with van der Waals surface area (Å²) in [7, 11) is 0. The SMILES string of the molecule is Cc1cc(C)n(Cc2cccc(C(=O)Nc3ccc4c(ccn4CCN4CCOCC4)c3)c2)n1. The van der Waals surface area contributed by atoms with Crippen LogP contribution >= 0.6 is 0 Å². The number of ether oxygens (including phenoxy) is 1. The Kier molecular flexibility index (Phi) is 6.47. The van der Waals surface area contributed by atoms with Crippen LogP contribution in [0.25, 0.3) is 10.9 Å². The Morgan fingerprint density at radius 2 is 1.88 bits per heavy atom. The van der Waals surface area contributed by atoms with Gasteiger partial charge >= 0.3 is 0 Å². The van der Waals surface area contributed by atoms with Crippen molar-refractivity contribution in [2.24, 2.45) is 0 Å². The molecule has 0 unspecified atom stereocenters. The number of anilines is 1. The summed E-state index contributed by atoms with van der Waals surface area (Å²) in [5, 5.41) is 8.70. The van der Waals surface area contributed by atoms with E-state index in [0.717, 1.165) is 67.4 Å². The van der Waals surface area contributed by atoms with Gasteiger partial charge in [0.05, 0.1) is 25.5 Å². The van der Waals surface area contributed by atoms with Gasteiger partial charge in [-0.25, -0.2) is 0 Å². The van der Waals surface area contributed by atoms with E-state index in [0.29, 0.717) is 12.1 Å². The van der Waals surface area contributed by atoms with Crippen molar-refractivity contribution in [3.05, 3.63) is 83.3 Å². The standard InChI is InChI=1S/C27H31N5O2/c1-20-16-21(2)32(29-20)19-22-4-3-5-24(17-22)27(33)28-25-6-7-26-23(18-25)8-9-31(26)11-10-30-12-14-34-15-13-30/h3-9,16-18H,10-15,19H2,1-2H3,(H,28,33). The van der Waals surface area contributed by atoms with E-state index in [4.69, 9.17) is 4.74 Å². The molecule has 7 heteroatoms. The fourth-order valence-corrected chi connectivity index (χ4v) is 4.57. The summed E-state index contributed by atoms with van der Waals surface area (Å²) in [6.45, 7) is 10.3. The second-order valence-electron chi connectivity index (χ2n) is 8.98. The number of morpholine rings is 1. The van der Waals surface area contributed by atoms with Gasteiger partial charge in [0.1, 0.15) is 0 Å². The Morgan fingerprint density at radius 3 is 2.68 bits per heavy atom. The average molecular weight is 458 g/mol.